The van der Waals surface area contributed by atoms with Crippen LogP contribution in [-0.4, -0.2) is 35.0 Å². The number of hydrogen-bond donors (Lipinski definition) is 1. The van der Waals surface area contributed by atoms with Crippen LogP contribution < -0.4 is 5.32 Å². The molecule has 1 fully saturated rings. The van der Waals surface area contributed by atoms with E-state index >= 15 is 0 Å². The molecule has 1 aliphatic heterocycles. The predicted molar refractivity (Wildman–Crippen MR) is 125 cm³/mol. The molecule has 0 unspecified atom stereocenters. The SMILES string of the molecule is Cc1ccsc1CN(C(=O)Nc1cccc(F)c1)C1CCN(Cc2ccccc2)CC1. The highest BCUT2D eigenvalue weighted by Crippen LogP contribution is 2.25. The van der Waals surface area contributed by atoms with Gasteiger partial charge in [-0.15, -0.1) is 11.3 Å². The van der Waals surface area contributed by atoms with Gasteiger partial charge in [-0.05, 0) is 60.5 Å². The second kappa shape index (κ2) is 10.1. The van der Waals surface area contributed by atoms with E-state index in [-0.39, 0.29) is 17.9 Å². The number of nitrogens with one attached hydrogen (secondary N) is 1. The minimum Gasteiger partial charge on any atom is -0.316 e. The molecule has 0 radical (unpaired) electrons. The van der Waals surface area contributed by atoms with Gasteiger partial charge in [-0.1, -0.05) is 36.4 Å². The quantitative estimate of drug-likeness (QED) is 0.522. The number of carbonyl (C=O) groups excluding carboxylic acids is 1. The van der Waals surface area contributed by atoms with Crippen LogP contribution >= 0.6 is 11.3 Å². The summed E-state index contributed by atoms with van der Waals surface area (Å²) >= 11 is 1.68. The molecule has 6 heteroatoms. The number of piperidine rings is 1. The smallest absolute Gasteiger partial charge is 0.316 e. The maximum atomic E-state index is 13.6. The highest BCUT2D eigenvalue weighted by molar-refractivity contribution is 7.10. The lowest BCUT2D eigenvalue weighted by Gasteiger charge is -2.38. The van der Waals surface area contributed by atoms with E-state index in [9.17, 15) is 9.18 Å². The first-order valence-electron chi connectivity index (χ1n) is 10.7. The Hall–Kier alpha value is -2.70. The Bertz CT molecular complexity index is 999. The van der Waals surface area contributed by atoms with Crippen LogP contribution in [0.2, 0.25) is 0 Å². The van der Waals surface area contributed by atoms with Gasteiger partial charge in [0.2, 0.25) is 0 Å². The number of benzene rings is 2. The van der Waals surface area contributed by atoms with Crippen LogP contribution in [0.5, 0.6) is 0 Å². The van der Waals surface area contributed by atoms with E-state index in [4.69, 9.17) is 0 Å². The van der Waals surface area contributed by atoms with E-state index in [1.165, 1.54) is 28.1 Å². The number of urea groups is 1. The molecule has 4 rings (SSSR count). The van der Waals surface area contributed by atoms with Crippen molar-refractivity contribution in [3.05, 3.63) is 87.9 Å². The highest BCUT2D eigenvalue weighted by atomic mass is 32.1. The molecule has 2 heterocycles. The summed E-state index contributed by atoms with van der Waals surface area (Å²) in [5, 5.41) is 4.97. The Kier molecular flexibility index (Phi) is 6.99. The highest BCUT2D eigenvalue weighted by Gasteiger charge is 2.29. The van der Waals surface area contributed by atoms with Gasteiger partial charge in [0.25, 0.3) is 0 Å². The lowest BCUT2D eigenvalue weighted by molar-refractivity contribution is 0.120. The number of likely N-dealkylation sites (tertiary alicyclic amines) is 1. The number of halogens is 1. The van der Waals surface area contributed by atoms with E-state index in [1.807, 2.05) is 11.0 Å². The fourth-order valence-electron chi connectivity index (χ4n) is 4.08. The molecular formula is C25H28FN3OS. The van der Waals surface area contributed by atoms with E-state index in [1.54, 1.807) is 23.5 Å². The van der Waals surface area contributed by atoms with Crippen molar-refractivity contribution in [2.75, 3.05) is 18.4 Å². The zero-order valence-corrected chi connectivity index (χ0v) is 18.6. The largest absolute Gasteiger partial charge is 0.322 e. The number of nitrogens with zero attached hydrogens (tertiary/aromatic N) is 2. The predicted octanol–water partition coefficient (Wildman–Crippen LogP) is 5.89. The summed E-state index contributed by atoms with van der Waals surface area (Å²) in [6, 6.07) is 18.6. The van der Waals surface area contributed by atoms with Gasteiger partial charge >= 0.3 is 6.03 Å². The fourth-order valence-corrected chi connectivity index (χ4v) is 4.98. The van der Waals surface area contributed by atoms with Crippen molar-refractivity contribution in [1.29, 1.82) is 0 Å². The molecule has 2 amide bonds. The Labute approximate surface area is 187 Å². The number of thiophene rings is 1. The lowest BCUT2D eigenvalue weighted by Crippen LogP contribution is -2.48. The topological polar surface area (TPSA) is 35.6 Å². The first-order chi connectivity index (χ1) is 15.1. The molecule has 1 N–H and O–H groups in total. The monoisotopic (exact) mass is 437 g/mol. The third kappa shape index (κ3) is 5.71. The van der Waals surface area contributed by atoms with Gasteiger partial charge in [0.05, 0.1) is 6.54 Å². The van der Waals surface area contributed by atoms with E-state index < -0.39 is 0 Å². The van der Waals surface area contributed by atoms with Crippen LogP contribution in [-0.2, 0) is 13.1 Å². The second-order valence-electron chi connectivity index (χ2n) is 8.09. The average Bonchev–Trinajstić information content (AvgIpc) is 3.18. The minimum absolute atomic E-state index is 0.155. The summed E-state index contributed by atoms with van der Waals surface area (Å²) in [6.45, 7) is 5.50. The third-order valence-corrected chi connectivity index (χ3v) is 6.87. The number of anilines is 1. The van der Waals surface area contributed by atoms with Crippen molar-refractivity contribution in [3.8, 4) is 0 Å². The molecular weight excluding hydrogens is 409 g/mol. The molecule has 0 bridgehead atoms. The molecule has 4 nitrogen and oxygen atoms in total. The van der Waals surface area contributed by atoms with Gasteiger partial charge in [0, 0.05) is 36.2 Å². The van der Waals surface area contributed by atoms with Crippen LogP contribution in [0.4, 0.5) is 14.9 Å². The Morgan fingerprint density at radius 3 is 2.58 bits per heavy atom. The van der Waals surface area contributed by atoms with Crippen molar-refractivity contribution in [3.63, 3.8) is 0 Å². The summed E-state index contributed by atoms with van der Waals surface area (Å²) in [5.41, 5.74) is 3.00. The number of rotatable bonds is 6. The average molecular weight is 438 g/mol. The normalized spacial score (nSPS) is 15.0. The molecule has 2 aromatic carbocycles. The van der Waals surface area contributed by atoms with Gasteiger partial charge < -0.3 is 10.2 Å². The van der Waals surface area contributed by atoms with E-state index in [2.05, 4.69) is 52.9 Å². The summed E-state index contributed by atoms with van der Waals surface area (Å²) in [4.78, 5) is 18.8. The van der Waals surface area contributed by atoms with Crippen LogP contribution in [0.3, 0.4) is 0 Å². The first kappa shape index (κ1) is 21.5. The third-order valence-electron chi connectivity index (χ3n) is 5.87. The number of hydrogen-bond acceptors (Lipinski definition) is 3. The molecule has 0 aliphatic carbocycles. The maximum absolute atomic E-state index is 13.6. The van der Waals surface area contributed by atoms with Gasteiger partial charge in [-0.3, -0.25) is 4.90 Å². The molecule has 1 aliphatic rings. The Morgan fingerprint density at radius 1 is 1.13 bits per heavy atom. The summed E-state index contributed by atoms with van der Waals surface area (Å²) in [7, 11) is 0. The van der Waals surface area contributed by atoms with Crippen molar-refractivity contribution in [2.24, 2.45) is 0 Å². The number of amides is 2. The molecule has 0 atom stereocenters. The van der Waals surface area contributed by atoms with Gasteiger partial charge in [0.15, 0.2) is 0 Å². The number of aryl methyl sites for hydroxylation is 1. The van der Waals surface area contributed by atoms with Crippen LogP contribution in [0.25, 0.3) is 0 Å². The fraction of sp³-hybridized carbons (Fsp3) is 0.320. The molecule has 3 aromatic rings. The van der Waals surface area contributed by atoms with Crippen molar-refractivity contribution < 1.29 is 9.18 Å². The van der Waals surface area contributed by atoms with Gasteiger partial charge in [-0.2, -0.15) is 0 Å². The zero-order chi connectivity index (χ0) is 21.6. The maximum Gasteiger partial charge on any atom is 0.322 e. The molecule has 1 aromatic heterocycles. The molecule has 162 valence electrons. The minimum atomic E-state index is -0.354. The summed E-state index contributed by atoms with van der Waals surface area (Å²) < 4.78 is 13.6. The molecule has 0 spiro atoms. The van der Waals surface area contributed by atoms with Gasteiger partial charge in [0.1, 0.15) is 5.82 Å². The van der Waals surface area contributed by atoms with E-state index in [0.717, 1.165) is 32.5 Å². The van der Waals surface area contributed by atoms with Crippen molar-refractivity contribution in [2.45, 2.75) is 38.9 Å². The summed E-state index contributed by atoms with van der Waals surface area (Å²) in [5.74, 6) is -0.354. The Balaban J connectivity index is 1.44. The zero-order valence-electron chi connectivity index (χ0n) is 17.8. The lowest BCUT2D eigenvalue weighted by atomic mass is 10.0. The molecule has 31 heavy (non-hydrogen) atoms. The van der Waals surface area contributed by atoms with Crippen molar-refractivity contribution >= 4 is 23.1 Å². The van der Waals surface area contributed by atoms with Crippen LogP contribution in [0.1, 0.15) is 28.8 Å². The second-order valence-corrected chi connectivity index (χ2v) is 9.09. The van der Waals surface area contributed by atoms with E-state index in [0.29, 0.717) is 12.2 Å². The number of carbonyl (C=O) groups is 1. The molecule has 1 saturated heterocycles. The van der Waals surface area contributed by atoms with Crippen molar-refractivity contribution in [1.82, 2.24) is 9.80 Å². The first-order valence-corrected chi connectivity index (χ1v) is 11.6. The Morgan fingerprint density at radius 2 is 1.90 bits per heavy atom. The summed E-state index contributed by atoms with van der Waals surface area (Å²) in [6.07, 6.45) is 1.85. The van der Waals surface area contributed by atoms with Crippen LogP contribution in [0, 0.1) is 12.7 Å². The van der Waals surface area contributed by atoms with Crippen LogP contribution in [0.15, 0.2) is 66.0 Å². The van der Waals surface area contributed by atoms with Gasteiger partial charge in [-0.25, -0.2) is 9.18 Å². The molecule has 0 saturated carbocycles. The standard InChI is InChI=1S/C25H28FN3OS/c1-19-12-15-31-24(19)18-29(25(30)27-22-9-5-8-21(26)16-22)23-10-13-28(14-11-23)17-20-6-3-2-4-7-20/h2-9,12,15-16,23H,10-11,13-14,17-18H2,1H3,(H,27,30).